The Morgan fingerprint density at radius 1 is 1.29 bits per heavy atom. The Kier molecular flexibility index (Phi) is 5.70. The van der Waals surface area contributed by atoms with Crippen molar-refractivity contribution in [1.29, 1.82) is 0 Å². The van der Waals surface area contributed by atoms with E-state index in [-0.39, 0.29) is 30.6 Å². The van der Waals surface area contributed by atoms with E-state index < -0.39 is 26.4 Å². The molecule has 28 heavy (non-hydrogen) atoms. The molecule has 1 aliphatic rings. The molecule has 154 valence electrons. The highest BCUT2D eigenvalue weighted by molar-refractivity contribution is 7.89. The second kappa shape index (κ2) is 7.47. The number of nitrogens with zero attached hydrogens (tertiary/aromatic N) is 3. The summed E-state index contributed by atoms with van der Waals surface area (Å²) >= 11 is 11.8. The molecule has 1 aromatic carbocycles. The molecular weight excluding hydrogens is 442 g/mol. The fourth-order valence-electron chi connectivity index (χ4n) is 2.64. The summed E-state index contributed by atoms with van der Waals surface area (Å²) < 4.78 is 67.3. The lowest BCUT2D eigenvalue weighted by Gasteiger charge is -2.20. The minimum atomic E-state index is -4.72. The average Bonchev–Trinajstić information content (AvgIpc) is 3.00. The molecule has 0 spiro atoms. The van der Waals surface area contributed by atoms with Gasteiger partial charge in [-0.2, -0.15) is 22.5 Å². The van der Waals surface area contributed by atoms with Crippen LogP contribution in [-0.2, 0) is 22.7 Å². The highest BCUT2D eigenvalue weighted by atomic mass is 35.5. The smallest absolute Gasteiger partial charge is 0.329 e. The minimum absolute atomic E-state index is 0.115. The van der Waals surface area contributed by atoms with Gasteiger partial charge in [0.05, 0.1) is 5.75 Å². The number of hydrogen-bond acceptors (Lipinski definition) is 5. The van der Waals surface area contributed by atoms with Crippen LogP contribution in [0.5, 0.6) is 0 Å². The average molecular weight is 458 g/mol. The molecule has 6 nitrogen and oxygen atoms in total. The van der Waals surface area contributed by atoms with E-state index >= 15 is 0 Å². The predicted molar refractivity (Wildman–Crippen MR) is 97.2 cm³/mol. The lowest BCUT2D eigenvalue weighted by atomic mass is 10.1. The van der Waals surface area contributed by atoms with Crippen LogP contribution < -0.4 is 0 Å². The first-order valence-electron chi connectivity index (χ1n) is 8.28. The molecule has 1 unspecified atom stereocenters. The molecule has 0 N–H and O–H groups in total. The van der Waals surface area contributed by atoms with Gasteiger partial charge in [0.25, 0.3) is 0 Å². The van der Waals surface area contributed by atoms with E-state index in [4.69, 9.17) is 23.2 Å². The number of sulfonamides is 1. The Morgan fingerprint density at radius 2 is 1.89 bits per heavy atom. The fourth-order valence-corrected chi connectivity index (χ4v) is 5.21. The molecule has 3 rings (SSSR count). The highest BCUT2D eigenvalue weighted by Crippen LogP contribution is 2.53. The Labute approximate surface area is 169 Å². The molecule has 1 heterocycles. The standard InChI is InChI=1S/C16H16Cl2F3N3O3S/c1-2-24(28(25,26)9-12-7-15(12,17)18)8-10-3-5-11(6-4-10)13-22-14(27-23-13)16(19,20)21/h3-6,12H,2,7-9H2,1H3. The topological polar surface area (TPSA) is 76.3 Å². The van der Waals surface area contributed by atoms with E-state index in [1.165, 1.54) is 16.4 Å². The molecule has 0 bridgehead atoms. The first kappa shape index (κ1) is 21.4. The Balaban J connectivity index is 1.70. The lowest BCUT2D eigenvalue weighted by Crippen LogP contribution is -2.33. The zero-order chi connectivity index (χ0) is 20.7. The summed E-state index contributed by atoms with van der Waals surface area (Å²) in [5.74, 6) is -2.05. The highest BCUT2D eigenvalue weighted by Gasteiger charge is 2.53. The van der Waals surface area contributed by atoms with Gasteiger partial charge in [-0.3, -0.25) is 0 Å². The number of rotatable bonds is 7. The van der Waals surface area contributed by atoms with E-state index in [2.05, 4.69) is 14.7 Å². The van der Waals surface area contributed by atoms with Crippen molar-refractivity contribution in [3.8, 4) is 11.4 Å². The normalized spacial score (nSPS) is 19.2. The molecule has 0 saturated heterocycles. The van der Waals surface area contributed by atoms with Gasteiger partial charge >= 0.3 is 12.1 Å². The quantitative estimate of drug-likeness (QED) is 0.584. The number of benzene rings is 1. The van der Waals surface area contributed by atoms with Crippen LogP contribution in [0.3, 0.4) is 0 Å². The first-order chi connectivity index (χ1) is 12.9. The van der Waals surface area contributed by atoms with Gasteiger partial charge in [0.2, 0.25) is 15.8 Å². The largest absolute Gasteiger partial charge is 0.471 e. The summed E-state index contributed by atoms with van der Waals surface area (Å²) in [5, 5.41) is 3.31. The van der Waals surface area contributed by atoms with Crippen molar-refractivity contribution in [2.24, 2.45) is 5.92 Å². The molecule has 1 aromatic heterocycles. The Morgan fingerprint density at radius 3 is 2.36 bits per heavy atom. The van der Waals surface area contributed by atoms with Crippen LogP contribution in [0.2, 0.25) is 0 Å². The van der Waals surface area contributed by atoms with Crippen molar-refractivity contribution in [3.63, 3.8) is 0 Å². The van der Waals surface area contributed by atoms with Gasteiger partial charge in [0.1, 0.15) is 4.33 Å². The van der Waals surface area contributed by atoms with Crippen LogP contribution in [0, 0.1) is 5.92 Å². The maximum atomic E-state index is 12.6. The third kappa shape index (κ3) is 4.79. The summed E-state index contributed by atoms with van der Waals surface area (Å²) in [7, 11) is -3.55. The second-order valence-electron chi connectivity index (χ2n) is 6.48. The van der Waals surface area contributed by atoms with Gasteiger partial charge in [-0.15, -0.1) is 23.2 Å². The van der Waals surface area contributed by atoms with E-state index in [0.717, 1.165) is 0 Å². The van der Waals surface area contributed by atoms with Crippen LogP contribution in [0.25, 0.3) is 11.4 Å². The fraction of sp³-hybridized carbons (Fsp3) is 0.500. The molecule has 0 radical (unpaired) electrons. The number of halogens is 5. The van der Waals surface area contributed by atoms with Crippen LogP contribution in [0.15, 0.2) is 28.8 Å². The van der Waals surface area contributed by atoms with Crippen molar-refractivity contribution >= 4 is 33.2 Å². The van der Waals surface area contributed by atoms with Crippen molar-refractivity contribution in [3.05, 3.63) is 35.7 Å². The lowest BCUT2D eigenvalue weighted by molar-refractivity contribution is -0.159. The zero-order valence-electron chi connectivity index (χ0n) is 14.6. The SMILES string of the molecule is CCN(Cc1ccc(-c2noc(C(F)(F)F)n2)cc1)S(=O)(=O)CC1CC1(Cl)Cl. The van der Waals surface area contributed by atoms with Gasteiger partial charge in [0, 0.05) is 24.6 Å². The predicted octanol–water partition coefficient (Wildman–Crippen LogP) is 4.10. The molecular formula is C16H16Cl2F3N3O3S. The number of alkyl halides is 5. The summed E-state index contributed by atoms with van der Waals surface area (Å²) in [6.07, 6.45) is -4.28. The molecule has 12 heteroatoms. The van der Waals surface area contributed by atoms with Gasteiger partial charge in [-0.25, -0.2) is 8.42 Å². The van der Waals surface area contributed by atoms with E-state index in [9.17, 15) is 21.6 Å². The monoisotopic (exact) mass is 457 g/mol. The van der Waals surface area contributed by atoms with Crippen molar-refractivity contribution in [2.75, 3.05) is 12.3 Å². The first-order valence-corrected chi connectivity index (χ1v) is 10.6. The van der Waals surface area contributed by atoms with E-state index in [0.29, 0.717) is 17.5 Å². The van der Waals surface area contributed by atoms with Crippen LogP contribution in [0.4, 0.5) is 13.2 Å². The van der Waals surface area contributed by atoms with Crippen LogP contribution in [0.1, 0.15) is 24.8 Å². The molecule has 0 amide bonds. The van der Waals surface area contributed by atoms with Gasteiger partial charge in [-0.05, 0) is 12.0 Å². The van der Waals surface area contributed by atoms with Crippen molar-refractivity contribution in [2.45, 2.75) is 30.4 Å². The second-order valence-corrected chi connectivity index (χ2v) is 10.0. The summed E-state index contributed by atoms with van der Waals surface area (Å²) in [6, 6.07) is 6.21. The van der Waals surface area contributed by atoms with Gasteiger partial charge in [-0.1, -0.05) is 36.3 Å². The Bertz CT molecular complexity index is 946. The number of aromatic nitrogens is 2. The minimum Gasteiger partial charge on any atom is -0.329 e. The van der Waals surface area contributed by atoms with Gasteiger partial charge in [0.15, 0.2) is 0 Å². The van der Waals surface area contributed by atoms with Gasteiger partial charge < -0.3 is 4.52 Å². The molecule has 1 atom stereocenters. The van der Waals surface area contributed by atoms with Crippen molar-refractivity contribution in [1.82, 2.24) is 14.4 Å². The molecule has 1 saturated carbocycles. The van der Waals surface area contributed by atoms with E-state index in [1.54, 1.807) is 19.1 Å². The maximum Gasteiger partial charge on any atom is 0.471 e. The third-order valence-electron chi connectivity index (χ3n) is 4.35. The molecule has 1 aliphatic carbocycles. The summed E-state index contributed by atoms with van der Waals surface area (Å²) in [4.78, 5) is 3.32. The maximum absolute atomic E-state index is 12.6. The zero-order valence-corrected chi connectivity index (χ0v) is 16.9. The Hall–Kier alpha value is -1.36. The van der Waals surface area contributed by atoms with E-state index in [1.807, 2.05) is 0 Å². The molecule has 0 aliphatic heterocycles. The van der Waals surface area contributed by atoms with Crippen LogP contribution in [-0.4, -0.2) is 39.5 Å². The van der Waals surface area contributed by atoms with Crippen molar-refractivity contribution < 1.29 is 26.1 Å². The molecule has 1 fully saturated rings. The number of hydrogen-bond donors (Lipinski definition) is 0. The summed E-state index contributed by atoms with van der Waals surface area (Å²) in [6.45, 7) is 2.09. The molecule has 2 aromatic rings. The summed E-state index contributed by atoms with van der Waals surface area (Å²) in [5.41, 5.74) is 0.980. The third-order valence-corrected chi connectivity index (χ3v) is 7.28. The van der Waals surface area contributed by atoms with Crippen LogP contribution >= 0.6 is 23.2 Å².